The van der Waals surface area contributed by atoms with Gasteiger partial charge in [0.05, 0.1) is 5.41 Å². The Balaban J connectivity index is 1.74. The zero-order valence-electron chi connectivity index (χ0n) is 21.5. The number of nitrogens with two attached hydrogens (primary N) is 1. The quantitative estimate of drug-likeness (QED) is 0.410. The predicted molar refractivity (Wildman–Crippen MR) is 140 cm³/mol. The third-order valence-electron chi connectivity index (χ3n) is 8.30. The van der Waals surface area contributed by atoms with Crippen LogP contribution in [0.3, 0.4) is 0 Å². The molecule has 1 heterocycles. The van der Waals surface area contributed by atoms with E-state index in [2.05, 4.69) is 31.3 Å². The fourth-order valence-electron chi connectivity index (χ4n) is 6.40. The van der Waals surface area contributed by atoms with Gasteiger partial charge in [0, 0.05) is 31.3 Å². The number of carbonyl (C=O) groups is 2. The number of hydrogen-bond donors (Lipinski definition) is 4. The van der Waals surface area contributed by atoms with E-state index in [1.807, 2.05) is 36.4 Å². The van der Waals surface area contributed by atoms with Crippen molar-refractivity contribution in [1.29, 1.82) is 0 Å². The highest BCUT2D eigenvalue weighted by Gasteiger charge is 2.46. The van der Waals surface area contributed by atoms with Gasteiger partial charge in [-0.25, -0.2) is 0 Å². The van der Waals surface area contributed by atoms with Crippen molar-refractivity contribution < 1.29 is 9.59 Å². The highest BCUT2D eigenvalue weighted by molar-refractivity contribution is 5.95. The zero-order valence-corrected chi connectivity index (χ0v) is 21.5. The lowest BCUT2D eigenvalue weighted by Gasteiger charge is -2.39. The SMILES string of the molecule is CNC(=O)c1ccc2c(c1)CCc1cc(C(=O)NC)ccc1C2(C[C@@H](N)C1CCCCC1)c1nn[nH]n1. The lowest BCUT2D eigenvalue weighted by Crippen LogP contribution is -2.43. The van der Waals surface area contributed by atoms with Gasteiger partial charge < -0.3 is 16.4 Å². The molecule has 1 aromatic heterocycles. The van der Waals surface area contributed by atoms with Gasteiger partial charge in [-0.3, -0.25) is 9.59 Å². The molecule has 1 atom stereocenters. The van der Waals surface area contributed by atoms with Crippen LogP contribution in [0.15, 0.2) is 36.4 Å². The van der Waals surface area contributed by atoms with Crippen molar-refractivity contribution in [3.63, 3.8) is 0 Å². The van der Waals surface area contributed by atoms with Crippen LogP contribution in [0.4, 0.5) is 0 Å². The van der Waals surface area contributed by atoms with Gasteiger partial charge in [0.1, 0.15) is 0 Å². The molecule has 37 heavy (non-hydrogen) atoms. The van der Waals surface area contributed by atoms with E-state index in [1.54, 1.807) is 14.1 Å². The van der Waals surface area contributed by atoms with Crippen LogP contribution < -0.4 is 16.4 Å². The molecular formula is C28H35N7O2. The van der Waals surface area contributed by atoms with Crippen molar-refractivity contribution >= 4 is 11.8 Å². The summed E-state index contributed by atoms with van der Waals surface area (Å²) >= 11 is 0. The normalized spacial score (nSPS) is 17.7. The van der Waals surface area contributed by atoms with Gasteiger partial charge in [-0.1, -0.05) is 36.6 Å². The topological polar surface area (TPSA) is 139 Å². The number of aromatic nitrogens is 4. The summed E-state index contributed by atoms with van der Waals surface area (Å²) in [4.78, 5) is 25.0. The van der Waals surface area contributed by atoms with E-state index < -0.39 is 5.41 Å². The number of fused-ring (bicyclic) bond motifs is 2. The molecule has 2 aliphatic carbocycles. The molecule has 0 bridgehead atoms. The van der Waals surface area contributed by atoms with E-state index in [0.717, 1.165) is 35.1 Å². The molecule has 0 aliphatic heterocycles. The van der Waals surface area contributed by atoms with E-state index in [0.29, 0.717) is 42.1 Å². The van der Waals surface area contributed by atoms with Crippen LogP contribution in [0, 0.1) is 5.92 Å². The third kappa shape index (κ3) is 4.52. The fourth-order valence-corrected chi connectivity index (χ4v) is 6.40. The zero-order chi connectivity index (χ0) is 26.0. The maximum absolute atomic E-state index is 12.5. The summed E-state index contributed by atoms with van der Waals surface area (Å²) < 4.78 is 0. The molecular weight excluding hydrogens is 466 g/mol. The lowest BCUT2D eigenvalue weighted by molar-refractivity contribution is 0.0955. The van der Waals surface area contributed by atoms with Gasteiger partial charge in [0.15, 0.2) is 5.82 Å². The fraction of sp³-hybridized carbons (Fsp3) is 0.464. The summed E-state index contributed by atoms with van der Waals surface area (Å²) in [6, 6.07) is 11.7. The van der Waals surface area contributed by atoms with Crippen LogP contribution in [0.2, 0.25) is 0 Å². The first-order chi connectivity index (χ1) is 18.0. The summed E-state index contributed by atoms with van der Waals surface area (Å²) in [6.07, 6.45) is 7.93. The Hall–Kier alpha value is -3.59. The first-order valence-electron chi connectivity index (χ1n) is 13.2. The van der Waals surface area contributed by atoms with E-state index in [9.17, 15) is 9.59 Å². The number of tetrazole rings is 1. The number of hydrogen-bond acceptors (Lipinski definition) is 6. The molecule has 0 saturated heterocycles. The molecule has 9 nitrogen and oxygen atoms in total. The molecule has 0 spiro atoms. The Kier molecular flexibility index (Phi) is 7.06. The molecule has 5 N–H and O–H groups in total. The molecule has 0 unspecified atom stereocenters. The molecule has 0 radical (unpaired) electrons. The number of aryl methyl sites for hydroxylation is 2. The maximum atomic E-state index is 12.5. The molecule has 2 aromatic carbocycles. The highest BCUT2D eigenvalue weighted by atomic mass is 16.2. The molecule has 5 rings (SSSR count). The standard InChI is InChI=1S/C28H35N7O2/c1-30-25(36)20-10-12-22-18(14-20)8-9-19-15-21(26(37)31-2)11-13-23(19)28(22,27-32-34-35-33-27)16-24(29)17-6-4-3-5-7-17/h10-15,17,24H,3-9,16,29H2,1-2H3,(H,30,36)(H,31,37)(H,32,33,34,35)/t24-/m1/s1. The predicted octanol–water partition coefficient (Wildman–Crippen LogP) is 2.65. The minimum atomic E-state index is -0.770. The monoisotopic (exact) mass is 501 g/mol. The van der Waals surface area contributed by atoms with Crippen LogP contribution in [0.1, 0.15) is 87.3 Å². The second-order valence-corrected chi connectivity index (χ2v) is 10.3. The summed E-state index contributed by atoms with van der Waals surface area (Å²) in [5, 5.41) is 21.1. The first kappa shape index (κ1) is 25.1. The van der Waals surface area contributed by atoms with Crippen LogP contribution >= 0.6 is 0 Å². The lowest BCUT2D eigenvalue weighted by atomic mass is 9.65. The summed E-state index contributed by atoms with van der Waals surface area (Å²) in [5.41, 5.74) is 11.7. The minimum Gasteiger partial charge on any atom is -0.355 e. The summed E-state index contributed by atoms with van der Waals surface area (Å²) in [5.74, 6) is 0.720. The Labute approximate surface area is 217 Å². The number of benzene rings is 2. The summed E-state index contributed by atoms with van der Waals surface area (Å²) in [7, 11) is 3.27. The Morgan fingerprint density at radius 2 is 1.54 bits per heavy atom. The Morgan fingerprint density at radius 1 is 0.973 bits per heavy atom. The number of nitrogens with zero attached hydrogens (tertiary/aromatic N) is 3. The van der Waals surface area contributed by atoms with Crippen molar-refractivity contribution in [3.05, 3.63) is 75.6 Å². The molecule has 194 valence electrons. The largest absolute Gasteiger partial charge is 0.355 e. The number of rotatable bonds is 6. The average Bonchev–Trinajstić information content (AvgIpc) is 3.45. The highest BCUT2D eigenvalue weighted by Crippen LogP contribution is 2.48. The maximum Gasteiger partial charge on any atom is 0.251 e. The smallest absolute Gasteiger partial charge is 0.251 e. The van der Waals surface area contributed by atoms with Gasteiger partial charge in [-0.2, -0.15) is 5.21 Å². The van der Waals surface area contributed by atoms with E-state index in [1.165, 1.54) is 19.3 Å². The van der Waals surface area contributed by atoms with Crippen LogP contribution in [0.25, 0.3) is 0 Å². The van der Waals surface area contributed by atoms with E-state index in [-0.39, 0.29) is 17.9 Å². The molecule has 9 heteroatoms. The number of aromatic amines is 1. The number of nitrogens with one attached hydrogen (secondary N) is 3. The Morgan fingerprint density at radius 3 is 2.03 bits per heavy atom. The van der Waals surface area contributed by atoms with Gasteiger partial charge >= 0.3 is 0 Å². The number of H-pyrrole nitrogens is 1. The van der Waals surface area contributed by atoms with Crippen LogP contribution in [-0.4, -0.2) is 52.6 Å². The molecule has 1 fully saturated rings. The van der Waals surface area contributed by atoms with Crippen molar-refractivity contribution in [2.24, 2.45) is 11.7 Å². The van der Waals surface area contributed by atoms with Crippen molar-refractivity contribution in [2.45, 2.75) is 62.8 Å². The molecule has 1 saturated carbocycles. The number of amides is 2. The van der Waals surface area contributed by atoms with Gasteiger partial charge in [-0.15, -0.1) is 10.2 Å². The van der Waals surface area contributed by atoms with E-state index in [4.69, 9.17) is 5.73 Å². The second kappa shape index (κ2) is 10.4. The molecule has 3 aromatic rings. The minimum absolute atomic E-state index is 0.0742. The van der Waals surface area contributed by atoms with Crippen LogP contribution in [0.5, 0.6) is 0 Å². The van der Waals surface area contributed by atoms with Gasteiger partial charge in [0.25, 0.3) is 11.8 Å². The number of carbonyl (C=O) groups excluding carboxylic acids is 2. The van der Waals surface area contributed by atoms with Crippen molar-refractivity contribution in [3.8, 4) is 0 Å². The van der Waals surface area contributed by atoms with Crippen molar-refractivity contribution in [1.82, 2.24) is 31.3 Å². The molecule has 2 aliphatic rings. The van der Waals surface area contributed by atoms with Gasteiger partial charge in [0.2, 0.25) is 0 Å². The van der Waals surface area contributed by atoms with Gasteiger partial charge in [-0.05, 0) is 84.5 Å². The molecule has 2 amide bonds. The first-order valence-corrected chi connectivity index (χ1v) is 13.2. The van der Waals surface area contributed by atoms with Crippen LogP contribution in [-0.2, 0) is 18.3 Å². The third-order valence-corrected chi connectivity index (χ3v) is 8.30. The Bertz CT molecular complexity index is 1210. The summed E-state index contributed by atoms with van der Waals surface area (Å²) in [6.45, 7) is 0. The van der Waals surface area contributed by atoms with E-state index >= 15 is 0 Å². The van der Waals surface area contributed by atoms with Crippen molar-refractivity contribution in [2.75, 3.05) is 14.1 Å². The average molecular weight is 502 g/mol. The second-order valence-electron chi connectivity index (χ2n) is 10.3.